The lowest BCUT2D eigenvalue weighted by Crippen LogP contribution is -1.84. The third-order valence-corrected chi connectivity index (χ3v) is 1.50. The lowest BCUT2D eigenvalue weighted by Gasteiger charge is -1.89. The number of nitrogens with zero attached hydrogens (tertiary/aromatic N) is 4. The highest BCUT2D eigenvalue weighted by Crippen LogP contribution is 2.09. The van der Waals surface area contributed by atoms with Crippen LogP contribution >= 0.6 is 0 Å². The molecule has 0 unspecified atom stereocenters. The highest BCUT2D eigenvalue weighted by molar-refractivity contribution is 5.34. The van der Waals surface area contributed by atoms with Crippen LogP contribution < -0.4 is 0 Å². The van der Waals surface area contributed by atoms with Crippen molar-refractivity contribution in [3.8, 4) is 0 Å². The highest BCUT2D eigenvalue weighted by Gasteiger charge is 1.85. The molecule has 0 saturated carbocycles. The predicted octanol–water partition coefficient (Wildman–Crippen LogP) is 2.43. The molecular formula is C9H8N4. The lowest BCUT2D eigenvalue weighted by molar-refractivity contribution is 0.692. The first-order chi connectivity index (χ1) is 6.45. The van der Waals surface area contributed by atoms with Crippen molar-refractivity contribution in [1.29, 1.82) is 0 Å². The van der Waals surface area contributed by atoms with Crippen molar-refractivity contribution in [2.45, 2.75) is 0 Å². The zero-order chi connectivity index (χ0) is 8.93. The quantitative estimate of drug-likeness (QED) is 0.641. The molecule has 0 saturated heterocycles. The Morgan fingerprint density at radius 2 is 1.92 bits per heavy atom. The van der Waals surface area contributed by atoms with Gasteiger partial charge in [0.15, 0.2) is 0 Å². The van der Waals surface area contributed by atoms with Crippen molar-refractivity contribution in [1.82, 2.24) is 9.89 Å². The largest absolute Gasteiger partial charge is 0.158 e. The Balaban J connectivity index is 2.15. The monoisotopic (exact) mass is 172 g/mol. The summed E-state index contributed by atoms with van der Waals surface area (Å²) < 4.78 is 0. The molecule has 0 N–H and O–H groups in total. The summed E-state index contributed by atoms with van der Waals surface area (Å²) in [5.41, 5.74) is 0.818. The van der Waals surface area contributed by atoms with E-state index < -0.39 is 0 Å². The Kier molecular flexibility index (Phi) is 2.14. The van der Waals surface area contributed by atoms with Crippen LogP contribution in [0, 0.1) is 0 Å². The van der Waals surface area contributed by atoms with Crippen LogP contribution in [0.15, 0.2) is 59.1 Å². The van der Waals surface area contributed by atoms with E-state index >= 15 is 0 Å². The number of hydrogen-bond donors (Lipinski definition) is 0. The lowest BCUT2D eigenvalue weighted by atomic mass is 10.3. The van der Waals surface area contributed by atoms with Gasteiger partial charge in [0.2, 0.25) is 0 Å². The molecule has 4 heteroatoms. The molecule has 2 aromatic rings. The zero-order valence-electron chi connectivity index (χ0n) is 6.91. The molecule has 0 aliphatic heterocycles. The van der Waals surface area contributed by atoms with E-state index in [2.05, 4.69) is 15.4 Å². The van der Waals surface area contributed by atoms with Crippen LogP contribution in [0.4, 0.5) is 5.69 Å². The van der Waals surface area contributed by atoms with Gasteiger partial charge in [0.1, 0.15) is 0 Å². The summed E-state index contributed by atoms with van der Waals surface area (Å²) in [5, 5.41) is 11.7. The molecule has 0 atom stereocenters. The maximum atomic E-state index is 3.97. The molecule has 2 rings (SSSR count). The first-order valence-electron chi connectivity index (χ1n) is 3.92. The summed E-state index contributed by atoms with van der Waals surface area (Å²) in [6, 6.07) is 11.3. The fourth-order valence-electron chi connectivity index (χ4n) is 0.906. The Bertz CT molecular complexity index is 377. The normalized spacial score (nSPS) is 10.8. The molecule has 0 aliphatic carbocycles. The van der Waals surface area contributed by atoms with Crippen LogP contribution in [0.3, 0.4) is 0 Å². The zero-order valence-corrected chi connectivity index (χ0v) is 6.91. The molecule has 0 radical (unpaired) electrons. The van der Waals surface area contributed by atoms with E-state index in [-0.39, 0.29) is 0 Å². The maximum Gasteiger partial charge on any atom is 0.0875 e. The average molecular weight is 172 g/mol. The van der Waals surface area contributed by atoms with Gasteiger partial charge < -0.3 is 0 Å². The first kappa shape index (κ1) is 7.67. The van der Waals surface area contributed by atoms with Gasteiger partial charge in [-0.3, -0.25) is 0 Å². The SMILES string of the molecule is c1ccc(N=Nn2cccn2)cc1. The van der Waals surface area contributed by atoms with Crippen LogP contribution in [0.2, 0.25) is 0 Å². The van der Waals surface area contributed by atoms with Gasteiger partial charge in [-0.1, -0.05) is 18.2 Å². The van der Waals surface area contributed by atoms with Gasteiger partial charge in [0, 0.05) is 0 Å². The third kappa shape index (κ3) is 1.99. The highest BCUT2D eigenvalue weighted by atomic mass is 15.6. The summed E-state index contributed by atoms with van der Waals surface area (Å²) in [4.78, 5) is 1.41. The van der Waals surface area contributed by atoms with Crippen molar-refractivity contribution >= 4 is 5.69 Å². The number of benzene rings is 1. The Hall–Kier alpha value is -1.97. The average Bonchev–Trinajstić information content (AvgIpc) is 2.69. The second-order valence-corrected chi connectivity index (χ2v) is 2.45. The minimum absolute atomic E-state index is 0.818. The van der Waals surface area contributed by atoms with Crippen LogP contribution in [-0.4, -0.2) is 9.89 Å². The van der Waals surface area contributed by atoms with Gasteiger partial charge in [0.25, 0.3) is 0 Å². The maximum absolute atomic E-state index is 3.97. The van der Waals surface area contributed by atoms with Crippen LogP contribution in [0.1, 0.15) is 0 Å². The topological polar surface area (TPSA) is 42.5 Å². The molecule has 4 nitrogen and oxygen atoms in total. The van der Waals surface area contributed by atoms with Gasteiger partial charge in [0.05, 0.1) is 18.1 Å². The first-order valence-corrected chi connectivity index (χ1v) is 3.92. The second-order valence-electron chi connectivity index (χ2n) is 2.45. The van der Waals surface area contributed by atoms with Crippen molar-refractivity contribution in [2.24, 2.45) is 10.3 Å². The van der Waals surface area contributed by atoms with Crippen molar-refractivity contribution in [3.63, 3.8) is 0 Å². The predicted molar refractivity (Wildman–Crippen MR) is 48.6 cm³/mol. The van der Waals surface area contributed by atoms with Gasteiger partial charge in [-0.2, -0.15) is 5.10 Å². The molecule has 0 amide bonds. The molecule has 64 valence electrons. The van der Waals surface area contributed by atoms with Gasteiger partial charge in [-0.25, -0.2) is 0 Å². The van der Waals surface area contributed by atoms with Crippen LogP contribution in [-0.2, 0) is 0 Å². The number of aromatic nitrogens is 2. The standard InChI is InChI=1S/C9H8N4/c1-2-5-9(6-3-1)11-12-13-8-4-7-10-13/h1-8H. The van der Waals surface area contributed by atoms with E-state index in [4.69, 9.17) is 0 Å². The fraction of sp³-hybridized carbons (Fsp3) is 0. The van der Waals surface area contributed by atoms with Crippen LogP contribution in [0.25, 0.3) is 0 Å². The Morgan fingerprint density at radius 3 is 2.62 bits per heavy atom. The van der Waals surface area contributed by atoms with E-state index in [1.165, 1.54) is 4.79 Å². The van der Waals surface area contributed by atoms with Crippen LogP contribution in [0.5, 0.6) is 0 Å². The number of rotatable bonds is 2. The van der Waals surface area contributed by atoms with E-state index in [1.54, 1.807) is 18.5 Å². The smallest absolute Gasteiger partial charge is 0.0875 e. The molecule has 1 aromatic heterocycles. The molecule has 0 spiro atoms. The Labute approximate surface area is 75.5 Å². The second kappa shape index (κ2) is 3.62. The molecule has 0 aliphatic rings. The summed E-state index contributed by atoms with van der Waals surface area (Å²) in [6.07, 6.45) is 3.39. The van der Waals surface area contributed by atoms with Crippen molar-refractivity contribution < 1.29 is 0 Å². The van der Waals surface area contributed by atoms with E-state index in [1.807, 2.05) is 30.3 Å². The molecular weight excluding hydrogens is 164 g/mol. The Morgan fingerprint density at radius 1 is 1.08 bits per heavy atom. The van der Waals surface area contributed by atoms with E-state index in [9.17, 15) is 0 Å². The van der Waals surface area contributed by atoms with Gasteiger partial charge >= 0.3 is 0 Å². The summed E-state index contributed by atoms with van der Waals surface area (Å²) in [5.74, 6) is 0. The van der Waals surface area contributed by atoms with Gasteiger partial charge in [-0.05, 0) is 23.4 Å². The molecule has 1 aromatic carbocycles. The third-order valence-electron chi connectivity index (χ3n) is 1.50. The summed E-state index contributed by atoms with van der Waals surface area (Å²) in [7, 11) is 0. The summed E-state index contributed by atoms with van der Waals surface area (Å²) in [6.45, 7) is 0. The van der Waals surface area contributed by atoms with Crippen molar-refractivity contribution in [3.05, 3.63) is 48.8 Å². The molecule has 1 heterocycles. The minimum Gasteiger partial charge on any atom is -0.158 e. The fourth-order valence-corrected chi connectivity index (χ4v) is 0.906. The summed E-state index contributed by atoms with van der Waals surface area (Å²) >= 11 is 0. The molecule has 13 heavy (non-hydrogen) atoms. The van der Waals surface area contributed by atoms with Gasteiger partial charge in [-0.15, -0.1) is 9.91 Å². The van der Waals surface area contributed by atoms with Crippen molar-refractivity contribution in [2.75, 3.05) is 0 Å². The van der Waals surface area contributed by atoms with E-state index in [0.717, 1.165) is 5.69 Å². The molecule has 0 bridgehead atoms. The van der Waals surface area contributed by atoms with E-state index in [0.29, 0.717) is 0 Å². The number of hydrogen-bond acceptors (Lipinski definition) is 3. The minimum atomic E-state index is 0.818. The molecule has 0 fully saturated rings.